The first kappa shape index (κ1) is 27.3. The topological polar surface area (TPSA) is 87.1 Å². The van der Waals surface area contributed by atoms with Crippen molar-refractivity contribution in [3.8, 4) is 6.07 Å². The Kier molecular flexibility index (Phi) is 6.64. The number of aromatic nitrogens is 3. The van der Waals surface area contributed by atoms with Crippen LogP contribution in [0.4, 0.5) is 32.0 Å². The average Bonchev–Trinajstić information content (AvgIpc) is 3.30. The number of nitriles is 1. The molecule has 0 aliphatic carbocycles. The summed E-state index contributed by atoms with van der Waals surface area (Å²) in [5.41, 5.74) is -4.61. The number of rotatable bonds is 5. The van der Waals surface area contributed by atoms with Gasteiger partial charge in [0.2, 0.25) is 0 Å². The van der Waals surface area contributed by atoms with Gasteiger partial charge in [-0.05, 0) is 54.3 Å². The van der Waals surface area contributed by atoms with Crippen molar-refractivity contribution in [2.24, 2.45) is 18.0 Å². The monoisotopic (exact) mass is 535 g/mol. The summed E-state index contributed by atoms with van der Waals surface area (Å²) in [6, 6.07) is 8.17. The van der Waals surface area contributed by atoms with Crippen molar-refractivity contribution in [2.75, 3.05) is 0 Å². The van der Waals surface area contributed by atoms with Crippen molar-refractivity contribution < 1.29 is 31.4 Å². The lowest BCUT2D eigenvalue weighted by Crippen LogP contribution is -2.41. The molecule has 0 saturated heterocycles. The highest BCUT2D eigenvalue weighted by Crippen LogP contribution is 2.49. The zero-order valence-corrected chi connectivity index (χ0v) is 20.6. The second-order valence-electron chi connectivity index (χ2n) is 9.40. The molecule has 1 aliphatic rings. The van der Waals surface area contributed by atoms with Gasteiger partial charge in [0.05, 0.1) is 41.8 Å². The molecule has 0 amide bonds. The van der Waals surface area contributed by atoms with E-state index in [0.717, 1.165) is 6.20 Å². The second-order valence-corrected chi connectivity index (χ2v) is 9.40. The number of imidazole rings is 1. The molecule has 0 spiro atoms. The molecule has 0 fully saturated rings. The van der Waals surface area contributed by atoms with Gasteiger partial charge >= 0.3 is 12.4 Å². The van der Waals surface area contributed by atoms with Gasteiger partial charge in [0.1, 0.15) is 5.69 Å². The summed E-state index contributed by atoms with van der Waals surface area (Å²) in [7, 11) is 1.54. The van der Waals surface area contributed by atoms with E-state index in [0.29, 0.717) is 6.07 Å². The lowest BCUT2D eigenvalue weighted by atomic mass is 9.65. The van der Waals surface area contributed by atoms with E-state index in [4.69, 9.17) is 0 Å². The molecule has 3 atom stereocenters. The highest BCUT2D eigenvalue weighted by atomic mass is 19.4. The number of nitrogens with zero attached hydrogens (tertiary/aromatic N) is 5. The number of fused-ring (bicyclic) bond motifs is 1. The molecule has 0 bridgehead atoms. The SMILES string of the molecule is CCC1=Nc2ccc(C(O)(c3ccnc(C(F)(F)F)c3)c3cncn3C)cc2C(C)(C#N)C1CC(F)(F)F. The molecular formula is C26H23F6N5O. The number of hydrogen-bond acceptors (Lipinski definition) is 5. The highest BCUT2D eigenvalue weighted by molar-refractivity contribution is 5.93. The van der Waals surface area contributed by atoms with E-state index in [9.17, 15) is 36.7 Å². The normalized spacial score (nSPS) is 21.3. The summed E-state index contributed by atoms with van der Waals surface area (Å²) >= 11 is 0. The fourth-order valence-electron chi connectivity index (χ4n) is 5.02. The van der Waals surface area contributed by atoms with Crippen molar-refractivity contribution in [1.29, 1.82) is 5.26 Å². The number of halogens is 6. The molecule has 38 heavy (non-hydrogen) atoms. The number of alkyl halides is 6. The molecule has 3 heterocycles. The largest absolute Gasteiger partial charge is 0.433 e. The molecule has 4 rings (SSSR count). The van der Waals surface area contributed by atoms with Crippen LogP contribution < -0.4 is 0 Å². The van der Waals surface area contributed by atoms with Crippen molar-refractivity contribution in [3.63, 3.8) is 0 Å². The summed E-state index contributed by atoms with van der Waals surface area (Å²) in [6.07, 6.45) is -6.93. The maximum atomic E-state index is 13.5. The summed E-state index contributed by atoms with van der Waals surface area (Å²) in [5.74, 6) is -1.29. The molecule has 1 aliphatic heterocycles. The van der Waals surface area contributed by atoms with Gasteiger partial charge in [-0.1, -0.05) is 13.0 Å². The lowest BCUT2D eigenvalue weighted by Gasteiger charge is -2.39. The molecule has 1 N–H and O–H groups in total. The Morgan fingerprint density at radius 2 is 1.79 bits per heavy atom. The number of pyridine rings is 1. The Hall–Kier alpha value is -3.72. The van der Waals surface area contributed by atoms with E-state index >= 15 is 0 Å². The van der Waals surface area contributed by atoms with E-state index in [1.807, 2.05) is 6.07 Å². The van der Waals surface area contributed by atoms with Crippen LogP contribution in [0.1, 0.15) is 54.8 Å². The van der Waals surface area contributed by atoms with Crippen molar-refractivity contribution in [2.45, 2.75) is 50.1 Å². The van der Waals surface area contributed by atoms with Gasteiger partial charge in [-0.2, -0.15) is 31.6 Å². The molecule has 6 nitrogen and oxygen atoms in total. The maximum absolute atomic E-state index is 13.5. The average molecular weight is 535 g/mol. The molecule has 1 aromatic carbocycles. The predicted molar refractivity (Wildman–Crippen MR) is 126 cm³/mol. The number of aliphatic imine (C=N–C) groups is 1. The number of benzene rings is 1. The first-order valence-corrected chi connectivity index (χ1v) is 11.6. The molecule has 3 aromatic rings. The number of aliphatic hydroxyl groups is 1. The molecule has 2 aromatic heterocycles. The van der Waals surface area contributed by atoms with Crippen LogP contribution in [0.15, 0.2) is 54.0 Å². The van der Waals surface area contributed by atoms with E-state index in [1.54, 1.807) is 6.92 Å². The van der Waals surface area contributed by atoms with Gasteiger partial charge < -0.3 is 9.67 Å². The van der Waals surface area contributed by atoms with Gasteiger partial charge in [-0.3, -0.25) is 9.98 Å². The van der Waals surface area contributed by atoms with E-state index in [1.165, 1.54) is 55.3 Å². The van der Waals surface area contributed by atoms with Gasteiger partial charge in [0.15, 0.2) is 5.60 Å². The Balaban J connectivity index is 1.99. The van der Waals surface area contributed by atoms with Crippen LogP contribution in [0.25, 0.3) is 0 Å². The van der Waals surface area contributed by atoms with Crippen LogP contribution >= 0.6 is 0 Å². The molecular weight excluding hydrogens is 512 g/mol. The maximum Gasteiger partial charge on any atom is 0.433 e. The zero-order valence-electron chi connectivity index (χ0n) is 20.6. The molecule has 3 unspecified atom stereocenters. The quantitative estimate of drug-likeness (QED) is 0.408. The van der Waals surface area contributed by atoms with Crippen LogP contribution in [0.3, 0.4) is 0 Å². The highest BCUT2D eigenvalue weighted by Gasteiger charge is 2.49. The van der Waals surface area contributed by atoms with E-state index < -0.39 is 41.4 Å². The second kappa shape index (κ2) is 9.23. The number of hydrogen-bond donors (Lipinski definition) is 1. The molecule has 0 radical (unpaired) electrons. The van der Waals surface area contributed by atoms with E-state index in [2.05, 4.69) is 15.0 Å². The third kappa shape index (κ3) is 4.55. The minimum Gasteiger partial charge on any atom is -0.374 e. The molecule has 0 saturated carbocycles. The summed E-state index contributed by atoms with van der Waals surface area (Å²) < 4.78 is 82.5. The van der Waals surface area contributed by atoms with Crippen molar-refractivity contribution in [3.05, 3.63) is 77.1 Å². The van der Waals surface area contributed by atoms with Crippen molar-refractivity contribution in [1.82, 2.24) is 14.5 Å². The Bertz CT molecular complexity index is 1440. The standard InChI is InChI=1S/C26H23F6N5O/c1-4-19-18(11-24(27,28)29)23(2,13-33)17-9-15(5-6-20(17)36-19)25(38,22-12-34-14-37(22)3)16-7-8-35-21(10-16)26(30,31)32/h5-10,12,14,18,38H,4,11H2,1-3H3. The third-order valence-electron chi connectivity index (χ3n) is 7.02. The lowest BCUT2D eigenvalue weighted by molar-refractivity contribution is -0.143. The van der Waals surface area contributed by atoms with Crippen molar-refractivity contribution >= 4 is 11.4 Å². The fraction of sp³-hybridized carbons (Fsp3) is 0.385. The van der Waals surface area contributed by atoms with Gasteiger partial charge in [0.25, 0.3) is 0 Å². The van der Waals surface area contributed by atoms with Crippen LogP contribution in [0.5, 0.6) is 0 Å². The van der Waals surface area contributed by atoms with Crippen LogP contribution in [0, 0.1) is 17.2 Å². The Morgan fingerprint density at radius 3 is 2.34 bits per heavy atom. The van der Waals surface area contributed by atoms with Crippen LogP contribution in [-0.4, -0.2) is 31.5 Å². The van der Waals surface area contributed by atoms with E-state index in [-0.39, 0.29) is 40.2 Å². The Morgan fingerprint density at radius 1 is 1.11 bits per heavy atom. The van der Waals surface area contributed by atoms with Gasteiger partial charge in [-0.15, -0.1) is 0 Å². The van der Waals surface area contributed by atoms with Crippen LogP contribution in [0.2, 0.25) is 0 Å². The molecule has 200 valence electrons. The molecule has 12 heteroatoms. The minimum atomic E-state index is -4.80. The summed E-state index contributed by atoms with van der Waals surface area (Å²) in [6.45, 7) is 3.04. The summed E-state index contributed by atoms with van der Waals surface area (Å²) in [4.78, 5) is 11.7. The minimum absolute atomic E-state index is 0.0292. The Labute approximate surface area is 214 Å². The van der Waals surface area contributed by atoms with Gasteiger partial charge in [-0.25, -0.2) is 4.98 Å². The fourth-order valence-corrected chi connectivity index (χ4v) is 5.02. The number of aryl methyl sites for hydroxylation is 1. The predicted octanol–water partition coefficient (Wildman–Crippen LogP) is 5.96. The van der Waals surface area contributed by atoms with Crippen LogP contribution in [-0.2, 0) is 24.2 Å². The smallest absolute Gasteiger partial charge is 0.374 e. The summed E-state index contributed by atoms with van der Waals surface area (Å²) in [5, 5.41) is 22.3. The first-order valence-electron chi connectivity index (χ1n) is 11.6. The first-order chi connectivity index (χ1) is 17.6. The zero-order chi connectivity index (χ0) is 28.1. The van der Waals surface area contributed by atoms with Gasteiger partial charge in [0, 0.05) is 24.9 Å². The third-order valence-corrected chi connectivity index (χ3v) is 7.02.